The average molecular weight is 419 g/mol. The fourth-order valence-corrected chi connectivity index (χ4v) is 2.18. The van der Waals surface area contributed by atoms with Gasteiger partial charge in [0.2, 0.25) is 12.5 Å². The van der Waals surface area contributed by atoms with E-state index in [9.17, 15) is 23.3 Å². The van der Waals surface area contributed by atoms with Crippen LogP contribution in [0.4, 0.5) is 18.9 Å². The summed E-state index contributed by atoms with van der Waals surface area (Å²) in [5.41, 5.74) is 1.62. The van der Waals surface area contributed by atoms with E-state index in [0.717, 1.165) is 24.3 Å². The van der Waals surface area contributed by atoms with Crippen molar-refractivity contribution in [2.45, 2.75) is 13.1 Å². The second-order valence-electron chi connectivity index (χ2n) is 5.42. The van der Waals surface area contributed by atoms with E-state index in [-0.39, 0.29) is 34.8 Å². The molecule has 0 bridgehead atoms. The molecule has 0 aliphatic rings. The summed E-state index contributed by atoms with van der Waals surface area (Å²) in [7, 11) is 0. The van der Waals surface area contributed by atoms with E-state index in [1.54, 1.807) is 6.92 Å². The maximum Gasteiger partial charge on any atom is 0.416 e. The van der Waals surface area contributed by atoms with E-state index < -0.39 is 16.7 Å². The molecule has 2 aromatic rings. The van der Waals surface area contributed by atoms with E-state index in [4.69, 9.17) is 25.9 Å². The maximum absolute atomic E-state index is 12.7. The molecule has 0 spiro atoms. The highest BCUT2D eigenvalue weighted by atomic mass is 35.5. The van der Waals surface area contributed by atoms with Gasteiger partial charge in [-0.1, -0.05) is 18.2 Å². The van der Waals surface area contributed by atoms with Crippen LogP contribution in [-0.2, 0) is 11.0 Å². The third-order valence-corrected chi connectivity index (χ3v) is 3.43. The van der Waals surface area contributed by atoms with Crippen LogP contribution in [0.2, 0.25) is 5.02 Å². The highest BCUT2D eigenvalue weighted by Crippen LogP contribution is 2.38. The number of benzene rings is 2. The molecule has 7 nitrogen and oxygen atoms in total. The number of rotatable bonds is 8. The van der Waals surface area contributed by atoms with Crippen molar-refractivity contribution >= 4 is 17.3 Å². The quantitative estimate of drug-likeness (QED) is 0.265. The van der Waals surface area contributed by atoms with Crippen molar-refractivity contribution in [3.05, 3.63) is 69.4 Å². The summed E-state index contributed by atoms with van der Waals surface area (Å²) in [6.45, 7) is 4.79. The molecule has 0 saturated heterocycles. The first-order valence-electron chi connectivity index (χ1n) is 7.57. The fraction of sp³-hybridized carbons (Fsp3) is 0.176. The van der Waals surface area contributed by atoms with Gasteiger partial charge in [0.05, 0.1) is 15.5 Å². The molecule has 0 heterocycles. The number of nitrogens with one attached hydrogen (secondary N) is 1. The Morgan fingerprint density at radius 2 is 1.96 bits per heavy atom. The number of alkyl halides is 3. The first kappa shape index (κ1) is 21.3. The predicted octanol–water partition coefficient (Wildman–Crippen LogP) is 5.45. The molecule has 1 N–H and O–H groups in total. The Kier molecular flexibility index (Phi) is 6.71. The van der Waals surface area contributed by atoms with Crippen LogP contribution in [0, 0.1) is 10.1 Å². The van der Waals surface area contributed by atoms with Crippen molar-refractivity contribution in [3.8, 4) is 17.2 Å². The number of allylic oxidation sites excluding steroid dienone is 1. The van der Waals surface area contributed by atoms with Crippen LogP contribution >= 0.6 is 11.6 Å². The van der Waals surface area contributed by atoms with Gasteiger partial charge in [-0.25, -0.2) is 4.84 Å². The van der Waals surface area contributed by atoms with E-state index in [0.29, 0.717) is 5.70 Å². The lowest BCUT2D eigenvalue weighted by Gasteiger charge is -2.12. The summed E-state index contributed by atoms with van der Waals surface area (Å²) in [6.07, 6.45) is -4.55. The zero-order chi connectivity index (χ0) is 20.9. The number of halogens is 4. The Morgan fingerprint density at radius 3 is 2.54 bits per heavy atom. The van der Waals surface area contributed by atoms with Crippen LogP contribution in [0.3, 0.4) is 0 Å². The molecule has 0 aromatic heterocycles. The molecule has 0 aliphatic carbocycles. The first-order chi connectivity index (χ1) is 13.1. The van der Waals surface area contributed by atoms with Gasteiger partial charge < -0.3 is 9.47 Å². The number of nitrogens with zero attached hydrogens (tertiary/aromatic N) is 1. The van der Waals surface area contributed by atoms with Gasteiger partial charge in [0.1, 0.15) is 11.5 Å². The predicted molar refractivity (Wildman–Crippen MR) is 94.2 cm³/mol. The van der Waals surface area contributed by atoms with E-state index in [1.807, 2.05) is 0 Å². The average Bonchev–Trinajstić information content (AvgIpc) is 2.59. The Hall–Kier alpha value is -2.98. The third kappa shape index (κ3) is 5.76. The van der Waals surface area contributed by atoms with Crippen LogP contribution in [0.1, 0.15) is 12.5 Å². The van der Waals surface area contributed by atoms with Crippen LogP contribution in [0.15, 0.2) is 48.7 Å². The molecule has 2 rings (SSSR count). The molecular formula is C17H14ClF3N2O5. The Labute approximate surface area is 162 Å². The number of hydrogen-bond acceptors (Lipinski definition) is 6. The second-order valence-corrected chi connectivity index (χ2v) is 5.83. The molecule has 0 atom stereocenters. The zero-order valence-corrected chi connectivity index (χ0v) is 15.1. The van der Waals surface area contributed by atoms with E-state index in [1.165, 1.54) is 12.1 Å². The largest absolute Gasteiger partial charge is 0.458 e. The second kappa shape index (κ2) is 8.81. The van der Waals surface area contributed by atoms with Crippen molar-refractivity contribution in [3.63, 3.8) is 0 Å². The zero-order valence-electron chi connectivity index (χ0n) is 14.4. The molecule has 0 radical (unpaired) electrons. The highest BCUT2D eigenvalue weighted by molar-refractivity contribution is 6.32. The maximum atomic E-state index is 12.7. The molecular weight excluding hydrogens is 405 g/mol. The lowest BCUT2D eigenvalue weighted by atomic mass is 10.2. The third-order valence-electron chi connectivity index (χ3n) is 3.13. The lowest BCUT2D eigenvalue weighted by Crippen LogP contribution is -2.15. The summed E-state index contributed by atoms with van der Waals surface area (Å²) in [4.78, 5) is 15.3. The molecule has 0 aliphatic heterocycles. The number of ether oxygens (including phenoxy) is 2. The number of nitro benzene ring substituents is 1. The minimum Gasteiger partial charge on any atom is -0.458 e. The number of nitro groups is 1. The highest BCUT2D eigenvalue weighted by Gasteiger charge is 2.31. The summed E-state index contributed by atoms with van der Waals surface area (Å²) in [5, 5.41) is 10.8. The summed E-state index contributed by atoms with van der Waals surface area (Å²) >= 11 is 5.84. The molecule has 0 amide bonds. The van der Waals surface area contributed by atoms with Crippen LogP contribution in [0.25, 0.3) is 0 Å². The normalized spacial score (nSPS) is 11.0. The standard InChI is InChI=1S/C17H14ClF3N2O5/c1-10(2)22-27-9-26-16-8-12(4-5-14(16)23(24)25)28-15-6-3-11(7-13(15)18)17(19,20)21/h3-8,22H,1,9H2,2H3. The molecule has 28 heavy (non-hydrogen) atoms. The first-order valence-corrected chi connectivity index (χ1v) is 7.95. The molecule has 0 fully saturated rings. The fourth-order valence-electron chi connectivity index (χ4n) is 1.96. The number of hydroxylamine groups is 1. The van der Waals surface area contributed by atoms with Gasteiger partial charge in [0.25, 0.3) is 0 Å². The Morgan fingerprint density at radius 1 is 1.25 bits per heavy atom. The van der Waals surface area contributed by atoms with Gasteiger partial charge in [-0.3, -0.25) is 15.6 Å². The van der Waals surface area contributed by atoms with Crippen molar-refractivity contribution in [2.24, 2.45) is 0 Å². The van der Waals surface area contributed by atoms with Gasteiger partial charge in [-0.2, -0.15) is 13.2 Å². The smallest absolute Gasteiger partial charge is 0.416 e. The topological polar surface area (TPSA) is 82.9 Å². The molecule has 2 aromatic carbocycles. The summed E-state index contributed by atoms with van der Waals surface area (Å²) < 4.78 is 48.7. The molecule has 0 saturated carbocycles. The lowest BCUT2D eigenvalue weighted by molar-refractivity contribution is -0.386. The molecule has 0 unspecified atom stereocenters. The van der Waals surface area contributed by atoms with Crippen LogP contribution in [0.5, 0.6) is 17.2 Å². The number of hydrogen-bond donors (Lipinski definition) is 1. The van der Waals surface area contributed by atoms with Crippen LogP contribution in [-0.4, -0.2) is 11.7 Å². The van der Waals surface area contributed by atoms with Gasteiger partial charge in [0.15, 0.2) is 0 Å². The summed E-state index contributed by atoms with van der Waals surface area (Å²) in [5.74, 6) is -0.168. The minimum atomic E-state index is -4.55. The minimum absolute atomic E-state index is 0.0605. The molecule has 150 valence electrons. The Balaban J connectivity index is 2.20. The van der Waals surface area contributed by atoms with Gasteiger partial charge in [0, 0.05) is 17.8 Å². The SMILES string of the molecule is C=C(C)NOCOc1cc(Oc2ccc(C(F)(F)F)cc2Cl)ccc1[N+](=O)[O-]. The van der Waals surface area contributed by atoms with Crippen molar-refractivity contribution in [1.82, 2.24) is 5.48 Å². The van der Waals surface area contributed by atoms with Gasteiger partial charge >= 0.3 is 11.9 Å². The van der Waals surface area contributed by atoms with Crippen molar-refractivity contribution in [2.75, 3.05) is 6.79 Å². The van der Waals surface area contributed by atoms with Crippen molar-refractivity contribution < 1.29 is 32.4 Å². The van der Waals surface area contributed by atoms with Gasteiger partial charge in [-0.05, 0) is 31.2 Å². The Bertz CT molecular complexity index is 890. The van der Waals surface area contributed by atoms with Gasteiger partial charge in [-0.15, -0.1) is 0 Å². The molecule has 11 heteroatoms. The monoisotopic (exact) mass is 418 g/mol. The van der Waals surface area contributed by atoms with Crippen LogP contribution < -0.4 is 15.0 Å². The van der Waals surface area contributed by atoms with Crippen molar-refractivity contribution in [1.29, 1.82) is 0 Å². The summed E-state index contributed by atoms with van der Waals surface area (Å²) in [6, 6.07) is 6.14. The van der Waals surface area contributed by atoms with E-state index >= 15 is 0 Å². The van der Waals surface area contributed by atoms with E-state index in [2.05, 4.69) is 12.1 Å².